The number of nitrogens with one attached hydrogen (secondary N) is 2. The summed E-state index contributed by atoms with van der Waals surface area (Å²) in [5, 5.41) is 12.7. The number of hydrogen-bond acceptors (Lipinski definition) is 2. The predicted octanol–water partition coefficient (Wildman–Crippen LogP) is 2.48. The normalized spacial score (nSPS) is 12.9. The summed E-state index contributed by atoms with van der Waals surface area (Å²) in [4.78, 5) is 15.1. The predicted molar refractivity (Wildman–Crippen MR) is 87.6 cm³/mol. The van der Waals surface area contributed by atoms with Crippen molar-refractivity contribution in [2.24, 2.45) is 5.41 Å². The number of aromatic nitrogens is 1. The molecule has 1 atom stereocenters. The molecule has 1 aromatic heterocycles. The average Bonchev–Trinajstić information content (AvgIpc) is 3.01. The number of aromatic amines is 1. The molecule has 2 rings (SSSR count). The fraction of sp³-hybridized carbons (Fsp3) is 0.389. The minimum Gasteiger partial charge on any atom is -0.396 e. The van der Waals surface area contributed by atoms with Gasteiger partial charge in [-0.15, -0.1) is 0 Å². The number of rotatable bonds is 7. The van der Waals surface area contributed by atoms with E-state index in [9.17, 15) is 9.90 Å². The summed E-state index contributed by atoms with van der Waals surface area (Å²) in [5.41, 5.74) is 1.72. The third-order valence-corrected chi connectivity index (χ3v) is 4.07. The molecule has 0 spiro atoms. The molecule has 0 radical (unpaired) electrons. The highest BCUT2D eigenvalue weighted by atomic mass is 16.3. The van der Waals surface area contributed by atoms with Crippen LogP contribution in [0.2, 0.25) is 0 Å². The topological polar surface area (TPSA) is 65.1 Å². The summed E-state index contributed by atoms with van der Waals surface area (Å²) in [6.45, 7) is 4.61. The molecule has 3 N–H and O–H groups in total. The fourth-order valence-electron chi connectivity index (χ4n) is 2.57. The molecule has 1 amide bonds. The van der Waals surface area contributed by atoms with Crippen molar-refractivity contribution in [2.45, 2.75) is 26.2 Å². The Kier molecular flexibility index (Phi) is 5.39. The zero-order valence-corrected chi connectivity index (χ0v) is 13.2. The highest BCUT2D eigenvalue weighted by Gasteiger charge is 2.30. The van der Waals surface area contributed by atoms with Crippen molar-refractivity contribution < 1.29 is 9.90 Å². The molecular formula is C18H24N2O2. The van der Waals surface area contributed by atoms with Gasteiger partial charge in [-0.2, -0.15) is 0 Å². The number of aliphatic hydroxyl groups excluding tert-OH is 1. The summed E-state index contributed by atoms with van der Waals surface area (Å²) >= 11 is 0. The highest BCUT2D eigenvalue weighted by Crippen LogP contribution is 2.34. The van der Waals surface area contributed by atoms with Crippen molar-refractivity contribution in [3.8, 4) is 0 Å². The number of hydrogen-bond donors (Lipinski definition) is 3. The van der Waals surface area contributed by atoms with Crippen LogP contribution in [-0.2, 0) is 11.2 Å². The quantitative estimate of drug-likeness (QED) is 0.735. The van der Waals surface area contributed by atoms with Gasteiger partial charge in [-0.05, 0) is 23.1 Å². The van der Waals surface area contributed by atoms with Crippen LogP contribution in [-0.4, -0.2) is 29.1 Å². The lowest BCUT2D eigenvalue weighted by Gasteiger charge is -2.33. The summed E-state index contributed by atoms with van der Waals surface area (Å²) in [7, 11) is 0. The Morgan fingerprint density at radius 2 is 1.95 bits per heavy atom. The van der Waals surface area contributed by atoms with E-state index >= 15 is 0 Å². The van der Waals surface area contributed by atoms with Crippen LogP contribution in [0.5, 0.6) is 0 Å². The molecule has 0 bridgehead atoms. The van der Waals surface area contributed by atoms with Gasteiger partial charge in [0.05, 0.1) is 6.42 Å². The second-order valence-corrected chi connectivity index (χ2v) is 6.29. The van der Waals surface area contributed by atoms with E-state index in [1.54, 1.807) is 0 Å². The molecule has 4 heteroatoms. The molecule has 0 saturated heterocycles. The maximum atomic E-state index is 12.1. The maximum Gasteiger partial charge on any atom is 0.225 e. The molecule has 1 unspecified atom stereocenters. The molecule has 4 nitrogen and oxygen atoms in total. The largest absolute Gasteiger partial charge is 0.396 e. The van der Waals surface area contributed by atoms with Gasteiger partial charge in [-0.25, -0.2) is 0 Å². The van der Waals surface area contributed by atoms with Gasteiger partial charge in [-0.3, -0.25) is 4.79 Å². The van der Waals surface area contributed by atoms with Crippen LogP contribution in [0.25, 0.3) is 0 Å². The zero-order valence-electron chi connectivity index (χ0n) is 13.2. The molecule has 1 heterocycles. The summed E-state index contributed by atoms with van der Waals surface area (Å²) in [5.74, 6) is 0.0448. The van der Waals surface area contributed by atoms with Gasteiger partial charge in [0.25, 0.3) is 0 Å². The summed E-state index contributed by atoms with van der Waals surface area (Å²) in [6, 6.07) is 13.8. The van der Waals surface area contributed by atoms with Gasteiger partial charge in [0, 0.05) is 31.0 Å². The number of carbonyl (C=O) groups excluding carboxylic acids is 1. The van der Waals surface area contributed by atoms with Gasteiger partial charge < -0.3 is 15.4 Å². The van der Waals surface area contributed by atoms with Gasteiger partial charge in [0.2, 0.25) is 5.91 Å². The van der Waals surface area contributed by atoms with E-state index in [0.717, 1.165) is 11.3 Å². The Morgan fingerprint density at radius 1 is 1.23 bits per heavy atom. The van der Waals surface area contributed by atoms with Crippen molar-refractivity contribution in [1.29, 1.82) is 0 Å². The van der Waals surface area contributed by atoms with Gasteiger partial charge >= 0.3 is 0 Å². The smallest absolute Gasteiger partial charge is 0.225 e. The van der Waals surface area contributed by atoms with Crippen LogP contribution in [0.4, 0.5) is 0 Å². The second kappa shape index (κ2) is 7.27. The van der Waals surface area contributed by atoms with Crippen molar-refractivity contribution >= 4 is 5.91 Å². The first-order chi connectivity index (χ1) is 10.5. The first kappa shape index (κ1) is 16.3. The second-order valence-electron chi connectivity index (χ2n) is 6.29. The molecule has 0 fully saturated rings. The Hall–Kier alpha value is -2.07. The lowest BCUT2D eigenvalue weighted by Crippen LogP contribution is -2.37. The number of benzene rings is 1. The van der Waals surface area contributed by atoms with Gasteiger partial charge in [0.1, 0.15) is 0 Å². The van der Waals surface area contributed by atoms with E-state index in [0.29, 0.717) is 13.0 Å². The number of amides is 1. The summed E-state index contributed by atoms with van der Waals surface area (Å²) < 4.78 is 0. The van der Waals surface area contributed by atoms with E-state index in [1.807, 2.05) is 62.5 Å². The lowest BCUT2D eigenvalue weighted by molar-refractivity contribution is -0.120. The number of carbonyl (C=O) groups is 1. The van der Waals surface area contributed by atoms with E-state index in [1.165, 1.54) is 0 Å². The first-order valence-electron chi connectivity index (χ1n) is 7.57. The minimum atomic E-state index is -0.304. The SMILES string of the molecule is CC(C)(CO)C(CNC(=O)Cc1ccc[nH]1)c1ccccc1. The zero-order chi connectivity index (χ0) is 16.0. The monoisotopic (exact) mass is 300 g/mol. The molecule has 1 aromatic carbocycles. The van der Waals surface area contributed by atoms with Crippen molar-refractivity contribution in [3.05, 3.63) is 59.9 Å². The Bertz CT molecular complexity index is 576. The van der Waals surface area contributed by atoms with Crippen molar-refractivity contribution in [2.75, 3.05) is 13.2 Å². The van der Waals surface area contributed by atoms with Crippen LogP contribution in [0.1, 0.15) is 31.0 Å². The van der Waals surface area contributed by atoms with E-state index in [4.69, 9.17) is 0 Å². The Morgan fingerprint density at radius 3 is 2.55 bits per heavy atom. The van der Waals surface area contributed by atoms with Crippen LogP contribution in [0, 0.1) is 5.41 Å². The van der Waals surface area contributed by atoms with Crippen LogP contribution in [0.3, 0.4) is 0 Å². The van der Waals surface area contributed by atoms with E-state index < -0.39 is 0 Å². The Labute approximate surface area is 131 Å². The molecule has 118 valence electrons. The van der Waals surface area contributed by atoms with Crippen LogP contribution in [0.15, 0.2) is 48.7 Å². The van der Waals surface area contributed by atoms with E-state index in [2.05, 4.69) is 10.3 Å². The molecule has 2 aromatic rings. The molecular weight excluding hydrogens is 276 g/mol. The fourth-order valence-corrected chi connectivity index (χ4v) is 2.57. The maximum absolute atomic E-state index is 12.1. The third-order valence-electron chi connectivity index (χ3n) is 4.07. The van der Waals surface area contributed by atoms with Crippen molar-refractivity contribution in [3.63, 3.8) is 0 Å². The van der Waals surface area contributed by atoms with Gasteiger partial charge in [-0.1, -0.05) is 44.2 Å². The molecule has 0 aliphatic rings. The third kappa shape index (κ3) is 4.21. The number of aliphatic hydroxyl groups is 1. The lowest BCUT2D eigenvalue weighted by atomic mass is 9.75. The average molecular weight is 300 g/mol. The molecule has 0 aliphatic carbocycles. The van der Waals surface area contributed by atoms with Crippen molar-refractivity contribution in [1.82, 2.24) is 10.3 Å². The highest BCUT2D eigenvalue weighted by molar-refractivity contribution is 5.78. The molecule has 22 heavy (non-hydrogen) atoms. The minimum absolute atomic E-state index is 0.0166. The molecule has 0 aliphatic heterocycles. The number of H-pyrrole nitrogens is 1. The van der Waals surface area contributed by atoms with Crippen LogP contribution < -0.4 is 5.32 Å². The van der Waals surface area contributed by atoms with Gasteiger partial charge in [0.15, 0.2) is 0 Å². The first-order valence-corrected chi connectivity index (χ1v) is 7.57. The molecule has 0 saturated carbocycles. The van der Waals surface area contributed by atoms with Crippen LogP contribution >= 0.6 is 0 Å². The van der Waals surface area contributed by atoms with E-state index in [-0.39, 0.29) is 23.8 Å². The summed E-state index contributed by atoms with van der Waals surface area (Å²) in [6.07, 6.45) is 2.15. The standard InChI is InChI=1S/C18H24N2O2/c1-18(2,13-21)16(14-7-4-3-5-8-14)12-20-17(22)11-15-9-6-10-19-15/h3-10,16,19,21H,11-13H2,1-2H3,(H,20,22). The Balaban J connectivity index is 2.02.